The van der Waals surface area contributed by atoms with E-state index in [1.54, 1.807) is 0 Å². The standard InChI is InChI=1S/C16H24O3/c1-9(8-17)7-13-5-6-14-12(4)15(18)10(2)11(3)16(14)19-13/h9,13,17-18H,5-8H2,1-4H3. The first-order valence-electron chi connectivity index (χ1n) is 7.04. The van der Waals surface area contributed by atoms with Crippen molar-refractivity contribution in [3.63, 3.8) is 0 Å². The van der Waals surface area contributed by atoms with Crippen LogP contribution in [-0.2, 0) is 6.42 Å². The molecule has 0 saturated heterocycles. The van der Waals surface area contributed by atoms with E-state index in [1.165, 1.54) is 0 Å². The minimum Gasteiger partial charge on any atom is -0.507 e. The van der Waals surface area contributed by atoms with Crippen LogP contribution < -0.4 is 4.74 Å². The molecule has 0 fully saturated rings. The Morgan fingerprint density at radius 1 is 1.21 bits per heavy atom. The van der Waals surface area contributed by atoms with Crippen molar-refractivity contribution < 1.29 is 14.9 Å². The highest BCUT2D eigenvalue weighted by Gasteiger charge is 2.26. The van der Waals surface area contributed by atoms with Crippen molar-refractivity contribution in [1.29, 1.82) is 0 Å². The van der Waals surface area contributed by atoms with Crippen LogP contribution in [0.15, 0.2) is 0 Å². The molecule has 0 spiro atoms. The number of hydrogen-bond donors (Lipinski definition) is 2. The molecule has 19 heavy (non-hydrogen) atoms. The minimum atomic E-state index is 0.177. The van der Waals surface area contributed by atoms with Crippen molar-refractivity contribution in [3.8, 4) is 11.5 Å². The Hall–Kier alpha value is -1.22. The maximum atomic E-state index is 10.1. The number of hydrogen-bond acceptors (Lipinski definition) is 3. The second-order valence-electron chi connectivity index (χ2n) is 5.83. The van der Waals surface area contributed by atoms with E-state index in [0.29, 0.717) is 5.75 Å². The van der Waals surface area contributed by atoms with Crippen LogP contribution >= 0.6 is 0 Å². The van der Waals surface area contributed by atoms with Crippen molar-refractivity contribution in [1.82, 2.24) is 0 Å². The van der Waals surface area contributed by atoms with Crippen LogP contribution in [0.4, 0.5) is 0 Å². The van der Waals surface area contributed by atoms with Crippen LogP contribution in [0.25, 0.3) is 0 Å². The maximum absolute atomic E-state index is 10.1. The molecule has 0 bridgehead atoms. The number of phenols is 1. The van der Waals surface area contributed by atoms with E-state index >= 15 is 0 Å². The number of aliphatic hydroxyl groups is 1. The number of phenolic OH excluding ortho intramolecular Hbond substituents is 1. The molecule has 2 atom stereocenters. The van der Waals surface area contributed by atoms with Crippen molar-refractivity contribution in [2.45, 2.75) is 53.1 Å². The van der Waals surface area contributed by atoms with Gasteiger partial charge in [-0.05, 0) is 62.6 Å². The zero-order valence-electron chi connectivity index (χ0n) is 12.3. The second-order valence-corrected chi connectivity index (χ2v) is 5.83. The molecule has 2 rings (SSSR count). The summed E-state index contributed by atoms with van der Waals surface area (Å²) >= 11 is 0. The number of aromatic hydroxyl groups is 1. The molecular weight excluding hydrogens is 240 g/mol. The Balaban J connectivity index is 2.30. The lowest BCUT2D eigenvalue weighted by Gasteiger charge is -2.31. The third-order valence-electron chi connectivity index (χ3n) is 4.32. The van der Waals surface area contributed by atoms with E-state index in [2.05, 4.69) is 0 Å². The molecule has 2 unspecified atom stereocenters. The molecular formula is C16H24O3. The molecule has 1 aliphatic rings. The number of ether oxygens (including phenoxy) is 1. The highest BCUT2D eigenvalue weighted by molar-refractivity contribution is 5.58. The summed E-state index contributed by atoms with van der Waals surface area (Å²) in [6, 6.07) is 0. The maximum Gasteiger partial charge on any atom is 0.126 e. The van der Waals surface area contributed by atoms with Gasteiger partial charge >= 0.3 is 0 Å². The molecule has 0 radical (unpaired) electrons. The smallest absolute Gasteiger partial charge is 0.126 e. The van der Waals surface area contributed by atoms with E-state index in [9.17, 15) is 5.11 Å². The third-order valence-corrected chi connectivity index (χ3v) is 4.32. The lowest BCUT2D eigenvalue weighted by Crippen LogP contribution is -2.27. The van der Waals surface area contributed by atoms with Gasteiger partial charge in [0.2, 0.25) is 0 Å². The lowest BCUT2D eigenvalue weighted by molar-refractivity contribution is 0.122. The zero-order chi connectivity index (χ0) is 14.2. The van der Waals surface area contributed by atoms with Gasteiger partial charge in [-0.2, -0.15) is 0 Å². The fourth-order valence-electron chi connectivity index (χ4n) is 2.85. The van der Waals surface area contributed by atoms with Crippen molar-refractivity contribution >= 4 is 0 Å². The first kappa shape index (κ1) is 14.2. The monoisotopic (exact) mass is 264 g/mol. The van der Waals surface area contributed by atoms with Gasteiger partial charge in [0.25, 0.3) is 0 Å². The summed E-state index contributed by atoms with van der Waals surface area (Å²) in [7, 11) is 0. The molecule has 1 aliphatic heterocycles. The first-order chi connectivity index (χ1) is 8.95. The average molecular weight is 264 g/mol. The van der Waals surface area contributed by atoms with Gasteiger partial charge in [-0.25, -0.2) is 0 Å². The van der Waals surface area contributed by atoms with E-state index in [-0.39, 0.29) is 18.6 Å². The van der Waals surface area contributed by atoms with Gasteiger partial charge in [-0.3, -0.25) is 0 Å². The Morgan fingerprint density at radius 2 is 1.89 bits per heavy atom. The van der Waals surface area contributed by atoms with Gasteiger partial charge in [0.05, 0.1) is 6.10 Å². The van der Waals surface area contributed by atoms with Gasteiger partial charge in [0.1, 0.15) is 11.5 Å². The molecule has 0 saturated carbocycles. The average Bonchev–Trinajstić information content (AvgIpc) is 2.42. The van der Waals surface area contributed by atoms with E-state index in [0.717, 1.165) is 47.3 Å². The van der Waals surface area contributed by atoms with Crippen molar-refractivity contribution in [2.24, 2.45) is 5.92 Å². The molecule has 0 aliphatic carbocycles. The molecule has 1 aromatic carbocycles. The second kappa shape index (κ2) is 5.41. The molecule has 0 aromatic heterocycles. The number of benzene rings is 1. The topological polar surface area (TPSA) is 49.7 Å². The third kappa shape index (κ3) is 2.57. The molecule has 3 nitrogen and oxygen atoms in total. The lowest BCUT2D eigenvalue weighted by atomic mass is 9.89. The first-order valence-corrected chi connectivity index (χ1v) is 7.04. The summed E-state index contributed by atoms with van der Waals surface area (Å²) < 4.78 is 6.13. The molecule has 3 heteroatoms. The predicted molar refractivity (Wildman–Crippen MR) is 75.9 cm³/mol. The summed E-state index contributed by atoms with van der Waals surface area (Å²) in [5, 5.41) is 19.3. The molecule has 106 valence electrons. The summed E-state index contributed by atoms with van der Waals surface area (Å²) in [6.07, 6.45) is 2.96. The predicted octanol–water partition coefficient (Wildman–Crippen LogP) is 3.03. The summed E-state index contributed by atoms with van der Waals surface area (Å²) in [6.45, 7) is 8.14. The Kier molecular flexibility index (Phi) is 4.04. The van der Waals surface area contributed by atoms with Crippen LogP contribution in [0.2, 0.25) is 0 Å². The van der Waals surface area contributed by atoms with Gasteiger partial charge in [0.15, 0.2) is 0 Å². The van der Waals surface area contributed by atoms with Crippen molar-refractivity contribution in [3.05, 3.63) is 22.3 Å². The van der Waals surface area contributed by atoms with Gasteiger partial charge in [-0.1, -0.05) is 6.92 Å². The number of rotatable bonds is 3. The van der Waals surface area contributed by atoms with Crippen LogP contribution in [0.1, 0.15) is 42.0 Å². The highest BCUT2D eigenvalue weighted by atomic mass is 16.5. The molecule has 2 N–H and O–H groups in total. The number of aliphatic hydroxyl groups excluding tert-OH is 1. The summed E-state index contributed by atoms with van der Waals surface area (Å²) in [5.41, 5.74) is 4.05. The van der Waals surface area contributed by atoms with E-state index in [4.69, 9.17) is 9.84 Å². The SMILES string of the molecule is Cc1c(C)c2c(c(C)c1O)CCC(CC(C)CO)O2. The Bertz CT molecular complexity index is 480. The van der Waals surface area contributed by atoms with Gasteiger partial charge < -0.3 is 14.9 Å². The fraction of sp³-hybridized carbons (Fsp3) is 0.625. The molecule has 1 aromatic rings. The number of fused-ring (bicyclic) bond motifs is 1. The van der Waals surface area contributed by atoms with Crippen molar-refractivity contribution in [2.75, 3.05) is 6.61 Å². The summed E-state index contributed by atoms with van der Waals surface area (Å²) in [5.74, 6) is 1.63. The largest absolute Gasteiger partial charge is 0.507 e. The highest BCUT2D eigenvalue weighted by Crippen LogP contribution is 2.41. The van der Waals surface area contributed by atoms with Gasteiger partial charge in [0, 0.05) is 12.2 Å². The fourth-order valence-corrected chi connectivity index (χ4v) is 2.85. The van der Waals surface area contributed by atoms with Crippen LogP contribution in [-0.4, -0.2) is 22.9 Å². The zero-order valence-corrected chi connectivity index (χ0v) is 12.3. The Labute approximate surface area is 115 Å². The van der Waals surface area contributed by atoms with E-state index < -0.39 is 0 Å². The summed E-state index contributed by atoms with van der Waals surface area (Å²) in [4.78, 5) is 0. The minimum absolute atomic E-state index is 0.177. The van der Waals surface area contributed by atoms with E-state index in [1.807, 2.05) is 27.7 Å². The van der Waals surface area contributed by atoms with Crippen LogP contribution in [0.3, 0.4) is 0 Å². The van der Waals surface area contributed by atoms with Gasteiger partial charge in [-0.15, -0.1) is 0 Å². The Morgan fingerprint density at radius 3 is 2.53 bits per heavy atom. The van der Waals surface area contributed by atoms with Crippen LogP contribution in [0.5, 0.6) is 11.5 Å². The normalized spacial score (nSPS) is 19.7. The quantitative estimate of drug-likeness (QED) is 0.882. The molecule has 0 amide bonds. The molecule has 1 heterocycles. The van der Waals surface area contributed by atoms with Crippen LogP contribution in [0, 0.1) is 26.7 Å².